The van der Waals surface area contributed by atoms with E-state index in [0.29, 0.717) is 23.5 Å². The van der Waals surface area contributed by atoms with Crippen molar-refractivity contribution >= 4 is 0 Å². The molecule has 0 nitrogen and oxygen atoms in total. The first kappa shape index (κ1) is 28.6. The van der Waals surface area contributed by atoms with Crippen molar-refractivity contribution in [1.82, 2.24) is 0 Å². The third kappa shape index (κ3) is 8.03. The lowest BCUT2D eigenvalue weighted by Gasteiger charge is -2.38. The SMILES string of the molecule is C/C=C/CCC1CCC(/C=C/CCc2ccc(C3CCC(C4CCC(CC)CC4)CC3)c(F)c2F)CC1. The summed E-state index contributed by atoms with van der Waals surface area (Å²) in [6.45, 7) is 4.42. The Bertz CT molecular complexity index is 859. The van der Waals surface area contributed by atoms with Crippen LogP contribution in [0.2, 0.25) is 0 Å². The van der Waals surface area contributed by atoms with Gasteiger partial charge in [-0.3, -0.25) is 0 Å². The molecule has 37 heavy (non-hydrogen) atoms. The average Bonchev–Trinajstić information content (AvgIpc) is 2.94. The minimum absolute atomic E-state index is 0.194. The Kier molecular flexibility index (Phi) is 11.3. The van der Waals surface area contributed by atoms with Crippen molar-refractivity contribution in [3.63, 3.8) is 0 Å². The highest BCUT2D eigenvalue weighted by atomic mass is 19.2. The Morgan fingerprint density at radius 2 is 1.38 bits per heavy atom. The maximum absolute atomic E-state index is 15.1. The Labute approximate surface area is 226 Å². The van der Waals surface area contributed by atoms with Crippen molar-refractivity contribution < 1.29 is 8.78 Å². The number of benzene rings is 1. The Hall–Kier alpha value is -1.44. The summed E-state index contributed by atoms with van der Waals surface area (Å²) in [6.07, 6.45) is 29.4. The molecule has 3 aliphatic rings. The summed E-state index contributed by atoms with van der Waals surface area (Å²) in [5.41, 5.74) is 1.18. The normalized spacial score (nSPS) is 31.4. The van der Waals surface area contributed by atoms with E-state index in [1.165, 1.54) is 83.5 Å². The molecule has 206 valence electrons. The van der Waals surface area contributed by atoms with Gasteiger partial charge in [-0.25, -0.2) is 8.78 Å². The van der Waals surface area contributed by atoms with Gasteiger partial charge in [0.2, 0.25) is 0 Å². The zero-order valence-corrected chi connectivity index (χ0v) is 23.7. The van der Waals surface area contributed by atoms with E-state index < -0.39 is 11.6 Å². The Morgan fingerprint density at radius 1 is 0.730 bits per heavy atom. The molecule has 0 unspecified atom stereocenters. The van der Waals surface area contributed by atoms with Gasteiger partial charge in [0.05, 0.1) is 0 Å². The number of allylic oxidation sites excluding steroid dienone is 4. The van der Waals surface area contributed by atoms with Crippen LogP contribution < -0.4 is 0 Å². The molecule has 2 heteroatoms. The predicted octanol–water partition coefficient (Wildman–Crippen LogP) is 11.1. The lowest BCUT2D eigenvalue weighted by atomic mass is 9.68. The monoisotopic (exact) mass is 510 g/mol. The zero-order valence-electron chi connectivity index (χ0n) is 23.7. The summed E-state index contributed by atoms with van der Waals surface area (Å²) >= 11 is 0. The van der Waals surface area contributed by atoms with Crippen LogP contribution in [0.5, 0.6) is 0 Å². The summed E-state index contributed by atoms with van der Waals surface area (Å²) in [5, 5.41) is 0. The third-order valence-corrected chi connectivity index (χ3v) is 10.4. The molecule has 0 saturated heterocycles. The molecule has 4 rings (SSSR count). The molecule has 0 aliphatic heterocycles. The van der Waals surface area contributed by atoms with Gasteiger partial charge < -0.3 is 0 Å². The van der Waals surface area contributed by atoms with Crippen LogP contribution in [0.15, 0.2) is 36.4 Å². The summed E-state index contributed by atoms with van der Waals surface area (Å²) in [4.78, 5) is 0. The number of hydrogen-bond acceptors (Lipinski definition) is 0. The van der Waals surface area contributed by atoms with Crippen molar-refractivity contribution in [3.8, 4) is 0 Å². The summed E-state index contributed by atoms with van der Waals surface area (Å²) in [6, 6.07) is 3.78. The van der Waals surface area contributed by atoms with Gasteiger partial charge in [-0.2, -0.15) is 0 Å². The molecule has 3 fully saturated rings. The molecule has 3 saturated carbocycles. The van der Waals surface area contributed by atoms with E-state index in [1.54, 1.807) is 0 Å². The maximum atomic E-state index is 15.1. The molecular weight excluding hydrogens is 458 g/mol. The smallest absolute Gasteiger partial charge is 0.162 e. The van der Waals surface area contributed by atoms with Crippen LogP contribution in [-0.4, -0.2) is 0 Å². The van der Waals surface area contributed by atoms with Crippen molar-refractivity contribution in [2.45, 2.75) is 129 Å². The van der Waals surface area contributed by atoms with Gasteiger partial charge in [0, 0.05) is 0 Å². The predicted molar refractivity (Wildman–Crippen MR) is 154 cm³/mol. The van der Waals surface area contributed by atoms with Gasteiger partial charge in [0.1, 0.15) is 0 Å². The molecule has 0 spiro atoms. The lowest BCUT2D eigenvalue weighted by molar-refractivity contribution is 0.158. The first-order valence-corrected chi connectivity index (χ1v) is 15.8. The van der Waals surface area contributed by atoms with Crippen LogP contribution in [0.1, 0.15) is 134 Å². The van der Waals surface area contributed by atoms with Crippen LogP contribution in [0.4, 0.5) is 8.78 Å². The highest BCUT2D eigenvalue weighted by molar-refractivity contribution is 5.30. The Balaban J connectivity index is 1.20. The van der Waals surface area contributed by atoms with Crippen molar-refractivity contribution in [3.05, 3.63) is 59.2 Å². The van der Waals surface area contributed by atoms with E-state index >= 15 is 8.78 Å². The molecule has 0 amide bonds. The van der Waals surface area contributed by atoms with Crippen LogP contribution in [-0.2, 0) is 6.42 Å². The minimum atomic E-state index is -0.590. The average molecular weight is 511 g/mol. The lowest BCUT2D eigenvalue weighted by Crippen LogP contribution is -2.25. The van der Waals surface area contributed by atoms with E-state index in [1.807, 2.05) is 12.1 Å². The summed E-state index contributed by atoms with van der Waals surface area (Å²) < 4.78 is 30.1. The molecule has 0 radical (unpaired) electrons. The van der Waals surface area contributed by atoms with Crippen LogP contribution in [0.3, 0.4) is 0 Å². The topological polar surface area (TPSA) is 0 Å². The number of hydrogen-bond donors (Lipinski definition) is 0. The molecule has 0 aromatic heterocycles. The first-order valence-electron chi connectivity index (χ1n) is 15.8. The minimum Gasteiger partial charge on any atom is -0.203 e. The first-order chi connectivity index (χ1) is 18.1. The summed E-state index contributed by atoms with van der Waals surface area (Å²) in [7, 11) is 0. The maximum Gasteiger partial charge on any atom is 0.162 e. The molecular formula is C35H52F2. The third-order valence-electron chi connectivity index (χ3n) is 10.4. The van der Waals surface area contributed by atoms with Crippen LogP contribution in [0, 0.1) is 41.2 Å². The molecule has 1 aromatic carbocycles. The summed E-state index contributed by atoms with van der Waals surface area (Å²) in [5.74, 6) is 3.21. The van der Waals surface area contributed by atoms with E-state index in [9.17, 15) is 0 Å². The van der Waals surface area contributed by atoms with Crippen molar-refractivity contribution in [2.75, 3.05) is 0 Å². The number of halogens is 2. The molecule has 0 heterocycles. The van der Waals surface area contributed by atoms with Crippen LogP contribution in [0.25, 0.3) is 0 Å². The fourth-order valence-corrected chi connectivity index (χ4v) is 7.78. The van der Waals surface area contributed by atoms with Gasteiger partial charge in [0.25, 0.3) is 0 Å². The van der Waals surface area contributed by atoms with Crippen molar-refractivity contribution in [1.29, 1.82) is 0 Å². The molecule has 0 N–H and O–H groups in total. The van der Waals surface area contributed by atoms with Gasteiger partial charge in [0.15, 0.2) is 11.6 Å². The standard InChI is InChI=1S/C35H52F2/c1-3-5-6-9-27-12-14-28(15-13-27)10-7-8-11-32-24-25-33(35(37)34(32)36)31-22-20-30(21-23-31)29-18-16-26(4-2)17-19-29/h3,5,7,10,24-31H,4,6,8-9,11-23H2,1-2H3/b5-3+,10-7+. The second-order valence-corrected chi connectivity index (χ2v) is 12.6. The molecule has 0 atom stereocenters. The Morgan fingerprint density at radius 3 is 2.03 bits per heavy atom. The molecule has 0 bridgehead atoms. The largest absolute Gasteiger partial charge is 0.203 e. The zero-order chi connectivity index (χ0) is 26.0. The fourth-order valence-electron chi connectivity index (χ4n) is 7.78. The van der Waals surface area contributed by atoms with E-state index in [4.69, 9.17) is 0 Å². The molecule has 1 aromatic rings. The number of aryl methyl sites for hydroxylation is 1. The van der Waals surface area contributed by atoms with Gasteiger partial charge in [-0.1, -0.05) is 62.6 Å². The van der Waals surface area contributed by atoms with Crippen LogP contribution >= 0.6 is 0 Å². The van der Waals surface area contributed by atoms with Gasteiger partial charge in [-0.15, -0.1) is 0 Å². The highest BCUT2D eigenvalue weighted by Crippen LogP contribution is 2.45. The second-order valence-electron chi connectivity index (χ2n) is 12.6. The van der Waals surface area contributed by atoms with E-state index in [-0.39, 0.29) is 5.92 Å². The van der Waals surface area contributed by atoms with E-state index in [0.717, 1.165) is 42.9 Å². The van der Waals surface area contributed by atoms with Crippen molar-refractivity contribution in [2.24, 2.45) is 29.6 Å². The second kappa shape index (κ2) is 14.6. The van der Waals surface area contributed by atoms with E-state index in [2.05, 4.69) is 38.2 Å². The highest BCUT2D eigenvalue weighted by Gasteiger charge is 2.32. The quantitative estimate of drug-likeness (QED) is 0.275. The van der Waals surface area contributed by atoms with Gasteiger partial charge >= 0.3 is 0 Å². The fraction of sp³-hybridized carbons (Fsp3) is 0.714. The number of rotatable bonds is 10. The van der Waals surface area contributed by atoms with Gasteiger partial charge in [-0.05, 0) is 143 Å². The molecule has 3 aliphatic carbocycles.